The van der Waals surface area contributed by atoms with Crippen molar-refractivity contribution in [2.24, 2.45) is 0 Å². The summed E-state index contributed by atoms with van der Waals surface area (Å²) in [7, 11) is 2.90. The van der Waals surface area contributed by atoms with E-state index in [1.165, 1.54) is 16.7 Å². The van der Waals surface area contributed by atoms with Gasteiger partial charge in [0, 0.05) is 24.2 Å². The molecule has 2 aromatic carbocycles. The Hall–Kier alpha value is -1.45. The summed E-state index contributed by atoms with van der Waals surface area (Å²) in [5.74, 6) is 0. The molecule has 1 saturated heterocycles. The summed E-state index contributed by atoms with van der Waals surface area (Å²) in [6, 6.07) is 14.2. The van der Waals surface area contributed by atoms with Crippen LogP contribution >= 0.6 is 9.24 Å². The van der Waals surface area contributed by atoms with Crippen LogP contribution in [-0.2, 0) is 4.74 Å². The van der Waals surface area contributed by atoms with Crippen LogP contribution in [0.15, 0.2) is 42.5 Å². The van der Waals surface area contributed by atoms with E-state index in [1.807, 2.05) is 24.3 Å². The Morgan fingerprint density at radius 1 is 1.20 bits per heavy atom. The lowest BCUT2D eigenvalue weighted by Crippen LogP contribution is -2.33. The summed E-state index contributed by atoms with van der Waals surface area (Å²) < 4.78 is 5.95. The molecule has 4 unspecified atom stereocenters. The van der Waals surface area contributed by atoms with Gasteiger partial charge in [-0.15, -0.1) is 9.24 Å². The summed E-state index contributed by atoms with van der Waals surface area (Å²) in [6.45, 7) is 2.03. The first-order valence-corrected chi connectivity index (χ1v) is 9.30. The summed E-state index contributed by atoms with van der Waals surface area (Å²) >= 11 is 0. The highest BCUT2D eigenvalue weighted by atomic mass is 31.0. The zero-order chi connectivity index (χ0) is 18.0. The quantitative estimate of drug-likeness (QED) is 0.579. The molecule has 0 bridgehead atoms. The lowest BCUT2D eigenvalue weighted by molar-refractivity contribution is -0.113. The highest BCUT2D eigenvalue weighted by Crippen LogP contribution is 2.37. The molecule has 0 radical (unpaired) electrons. The van der Waals surface area contributed by atoms with E-state index in [-0.39, 0.29) is 24.5 Å². The van der Waals surface area contributed by atoms with Crippen LogP contribution in [0.1, 0.15) is 46.9 Å². The Morgan fingerprint density at radius 2 is 1.92 bits per heavy atom. The summed E-state index contributed by atoms with van der Waals surface area (Å²) in [5.41, 5.74) is 11.3. The molecule has 5 heteroatoms. The van der Waals surface area contributed by atoms with Crippen LogP contribution in [0.3, 0.4) is 0 Å². The second-order valence-corrected chi connectivity index (χ2v) is 7.48. The van der Waals surface area contributed by atoms with Crippen molar-refractivity contribution in [3.05, 3.63) is 64.7 Å². The lowest BCUT2D eigenvalue weighted by Gasteiger charge is -2.33. The average Bonchev–Trinajstić information content (AvgIpc) is 2.61. The largest absolute Gasteiger partial charge is 0.399 e. The third kappa shape index (κ3) is 4.21. The van der Waals surface area contributed by atoms with Crippen LogP contribution in [0.2, 0.25) is 0 Å². The van der Waals surface area contributed by atoms with Crippen molar-refractivity contribution in [3.8, 4) is 0 Å². The highest BCUT2D eigenvalue weighted by molar-refractivity contribution is 7.17. The molecular weight excluding hydrogens is 333 g/mol. The molecular formula is C20H26NO3P. The fourth-order valence-corrected chi connectivity index (χ4v) is 3.98. The van der Waals surface area contributed by atoms with Gasteiger partial charge in [0.05, 0.1) is 24.9 Å². The zero-order valence-electron chi connectivity index (χ0n) is 14.4. The molecule has 2 aromatic rings. The molecule has 0 aliphatic carbocycles. The van der Waals surface area contributed by atoms with Crippen molar-refractivity contribution in [1.82, 2.24) is 0 Å². The van der Waals surface area contributed by atoms with Crippen molar-refractivity contribution in [1.29, 1.82) is 0 Å². The van der Waals surface area contributed by atoms with Crippen molar-refractivity contribution >= 4 is 14.9 Å². The van der Waals surface area contributed by atoms with Crippen LogP contribution in [0.25, 0.3) is 0 Å². The second kappa shape index (κ2) is 7.84. The van der Waals surface area contributed by atoms with Gasteiger partial charge < -0.3 is 20.7 Å². The maximum atomic E-state index is 10.1. The lowest BCUT2D eigenvalue weighted by atomic mass is 9.92. The molecule has 0 saturated carbocycles. The van der Waals surface area contributed by atoms with Gasteiger partial charge in [-0.3, -0.25) is 0 Å². The summed E-state index contributed by atoms with van der Waals surface area (Å²) in [6.07, 6.45) is 0.113. The molecule has 0 amide bonds. The maximum Gasteiger partial charge on any atom is 0.0854 e. The van der Waals surface area contributed by atoms with Gasteiger partial charge in [0.15, 0.2) is 0 Å². The number of rotatable bonds is 4. The number of aliphatic hydroxyl groups excluding tert-OH is 2. The van der Waals surface area contributed by atoms with E-state index in [2.05, 4.69) is 34.4 Å². The smallest absolute Gasteiger partial charge is 0.0854 e. The molecule has 0 aromatic heterocycles. The number of ether oxygens (including phenoxy) is 1. The van der Waals surface area contributed by atoms with Crippen LogP contribution in [0.4, 0.5) is 5.69 Å². The first kappa shape index (κ1) is 18.3. The molecule has 1 aliphatic rings. The summed E-state index contributed by atoms with van der Waals surface area (Å²) in [4.78, 5) is 0. The maximum absolute atomic E-state index is 10.1. The first-order chi connectivity index (χ1) is 12.0. The second-order valence-electron chi connectivity index (χ2n) is 6.81. The molecule has 4 N–H and O–H groups in total. The number of anilines is 1. The van der Waals surface area contributed by atoms with Crippen molar-refractivity contribution in [3.63, 3.8) is 0 Å². The van der Waals surface area contributed by atoms with E-state index in [0.29, 0.717) is 12.8 Å². The number of hydrogen-bond acceptors (Lipinski definition) is 4. The van der Waals surface area contributed by atoms with Crippen LogP contribution in [0, 0.1) is 6.92 Å². The van der Waals surface area contributed by atoms with Crippen LogP contribution in [0.5, 0.6) is 0 Å². The molecule has 3 rings (SSSR count). The molecule has 0 spiro atoms. The average molecular weight is 359 g/mol. The van der Waals surface area contributed by atoms with Gasteiger partial charge in [0.1, 0.15) is 0 Å². The highest BCUT2D eigenvalue weighted by Gasteiger charge is 2.29. The number of aryl methyl sites for hydroxylation is 1. The van der Waals surface area contributed by atoms with Gasteiger partial charge in [0.2, 0.25) is 0 Å². The predicted molar refractivity (Wildman–Crippen MR) is 104 cm³/mol. The minimum absolute atomic E-state index is 0.0655. The van der Waals surface area contributed by atoms with Crippen LogP contribution in [-0.4, -0.2) is 29.0 Å². The van der Waals surface area contributed by atoms with Crippen molar-refractivity contribution in [2.45, 2.75) is 43.7 Å². The van der Waals surface area contributed by atoms with Gasteiger partial charge in [-0.05, 0) is 41.3 Å². The first-order valence-electron chi connectivity index (χ1n) is 8.63. The van der Waals surface area contributed by atoms with Gasteiger partial charge >= 0.3 is 0 Å². The predicted octanol–water partition coefficient (Wildman–Crippen LogP) is 3.12. The van der Waals surface area contributed by atoms with E-state index in [1.54, 1.807) is 0 Å². The monoisotopic (exact) mass is 359 g/mol. The summed E-state index contributed by atoms with van der Waals surface area (Å²) in [5, 5.41) is 19.5. The van der Waals surface area contributed by atoms with Gasteiger partial charge in [-0.25, -0.2) is 0 Å². The molecule has 25 heavy (non-hydrogen) atoms. The molecule has 1 aliphatic heterocycles. The SMILES string of the molecule is Cc1ccc(C2CC(O)C[C@@H](CO)O2)cc1C(P)c1ccc(N)cc1. The van der Waals surface area contributed by atoms with Gasteiger partial charge in [-0.1, -0.05) is 30.3 Å². The minimum atomic E-state index is -0.440. The van der Waals surface area contributed by atoms with Crippen molar-refractivity contribution in [2.75, 3.05) is 12.3 Å². The third-order valence-electron chi connectivity index (χ3n) is 4.89. The number of nitrogen functional groups attached to an aromatic ring is 1. The van der Waals surface area contributed by atoms with Crippen LogP contribution < -0.4 is 5.73 Å². The van der Waals surface area contributed by atoms with E-state index in [9.17, 15) is 10.2 Å². The fraction of sp³-hybridized carbons (Fsp3) is 0.400. The molecule has 4 nitrogen and oxygen atoms in total. The molecule has 134 valence electrons. The van der Waals surface area contributed by atoms with E-state index in [4.69, 9.17) is 10.5 Å². The fourth-order valence-electron chi connectivity index (χ4n) is 3.40. The van der Waals surface area contributed by atoms with E-state index in [0.717, 1.165) is 11.3 Å². The van der Waals surface area contributed by atoms with Crippen molar-refractivity contribution < 1.29 is 14.9 Å². The Bertz CT molecular complexity index is 719. The topological polar surface area (TPSA) is 75.7 Å². The zero-order valence-corrected chi connectivity index (χ0v) is 15.6. The number of nitrogens with two attached hydrogens (primary N) is 1. The standard InChI is InChI=1S/C20H26NO3P/c1-12-2-3-14(19-10-16(23)9-17(11-22)24-19)8-18(12)20(25)13-4-6-15(21)7-5-13/h2-8,16-17,19-20,22-23H,9-11,21,25H2,1H3/t16?,17-,19?,20?/m0/s1. The van der Waals surface area contributed by atoms with E-state index < -0.39 is 6.10 Å². The Balaban J connectivity index is 1.88. The normalized spacial score (nSPS) is 24.9. The number of aliphatic hydroxyl groups is 2. The van der Waals surface area contributed by atoms with Gasteiger partial charge in [-0.2, -0.15) is 0 Å². The molecule has 1 heterocycles. The number of hydrogen-bond donors (Lipinski definition) is 3. The molecule has 5 atom stereocenters. The third-order valence-corrected chi connectivity index (χ3v) is 5.63. The molecule has 1 fully saturated rings. The Kier molecular flexibility index (Phi) is 5.75. The van der Waals surface area contributed by atoms with Gasteiger partial charge in [0.25, 0.3) is 0 Å². The Morgan fingerprint density at radius 3 is 2.60 bits per heavy atom. The number of benzene rings is 2. The van der Waals surface area contributed by atoms with E-state index >= 15 is 0 Å². The minimum Gasteiger partial charge on any atom is -0.399 e. The Labute approximate surface area is 151 Å².